The molecule has 1 aliphatic carbocycles. The predicted octanol–water partition coefficient (Wildman–Crippen LogP) is 5.36. The smallest absolute Gasteiger partial charge is 0.294 e. The molecule has 2 heterocycles. The topological polar surface area (TPSA) is 57.2 Å². The van der Waals surface area contributed by atoms with Gasteiger partial charge in [-0.1, -0.05) is 19.1 Å². The van der Waals surface area contributed by atoms with Gasteiger partial charge in [0.05, 0.1) is 6.61 Å². The molecule has 3 aliphatic rings. The van der Waals surface area contributed by atoms with Crippen LogP contribution in [0.4, 0.5) is 5.69 Å². The molecule has 6 heteroatoms. The summed E-state index contributed by atoms with van der Waals surface area (Å²) >= 11 is 0. The maximum atomic E-state index is 13.0. The van der Waals surface area contributed by atoms with Crippen LogP contribution in [0.3, 0.4) is 0 Å². The number of benzene rings is 2. The number of hydrogen-bond acceptors (Lipinski definition) is 5. The zero-order valence-corrected chi connectivity index (χ0v) is 19.8. The Bertz CT molecular complexity index is 1020. The summed E-state index contributed by atoms with van der Waals surface area (Å²) in [6.07, 6.45) is 8.29. The largest absolute Gasteiger partial charge is 0.491 e. The molecular formula is C28H33NO5. The summed E-state index contributed by atoms with van der Waals surface area (Å²) in [5.41, 5.74) is 3.26. The summed E-state index contributed by atoms with van der Waals surface area (Å²) in [6, 6.07) is 14.0. The maximum Gasteiger partial charge on any atom is 0.294 e. The molecule has 180 valence electrons. The second-order valence-corrected chi connectivity index (χ2v) is 9.09. The minimum atomic E-state index is -0.122. The summed E-state index contributed by atoms with van der Waals surface area (Å²) < 4.78 is 23.2. The first-order chi connectivity index (χ1) is 16.7. The van der Waals surface area contributed by atoms with Crippen LogP contribution < -0.4 is 14.4 Å². The predicted molar refractivity (Wildman–Crippen MR) is 130 cm³/mol. The third-order valence-electron chi connectivity index (χ3n) is 6.59. The first kappa shape index (κ1) is 22.9. The van der Waals surface area contributed by atoms with Crippen LogP contribution in [-0.4, -0.2) is 38.6 Å². The quantitative estimate of drug-likeness (QED) is 0.444. The van der Waals surface area contributed by atoms with Crippen molar-refractivity contribution < 1.29 is 23.7 Å². The van der Waals surface area contributed by atoms with E-state index in [4.69, 9.17) is 18.9 Å². The Balaban J connectivity index is 1.15. The van der Waals surface area contributed by atoms with E-state index in [-0.39, 0.29) is 12.2 Å². The number of carbonyl (C=O) groups excluding carboxylic acids is 1. The number of anilines is 1. The molecule has 1 saturated carbocycles. The Labute approximate surface area is 201 Å². The van der Waals surface area contributed by atoms with Gasteiger partial charge in [-0.15, -0.1) is 0 Å². The lowest BCUT2D eigenvalue weighted by Gasteiger charge is -2.23. The number of hydrogen-bond donors (Lipinski definition) is 0. The van der Waals surface area contributed by atoms with Crippen LogP contribution >= 0.6 is 0 Å². The fraction of sp³-hybridized carbons (Fsp3) is 0.464. The fourth-order valence-electron chi connectivity index (χ4n) is 4.46. The molecule has 0 spiro atoms. The molecular weight excluding hydrogens is 430 g/mol. The van der Waals surface area contributed by atoms with Crippen LogP contribution in [0.2, 0.25) is 0 Å². The van der Waals surface area contributed by atoms with E-state index in [1.807, 2.05) is 36.4 Å². The summed E-state index contributed by atoms with van der Waals surface area (Å²) in [5, 5.41) is 0. The van der Waals surface area contributed by atoms with Crippen LogP contribution in [0.5, 0.6) is 11.5 Å². The third-order valence-corrected chi connectivity index (χ3v) is 6.59. The van der Waals surface area contributed by atoms with Gasteiger partial charge < -0.3 is 23.8 Å². The average molecular weight is 464 g/mol. The van der Waals surface area contributed by atoms with Gasteiger partial charge in [0.15, 0.2) is 12.0 Å². The molecule has 2 aromatic carbocycles. The number of nitrogens with zero attached hydrogens (tertiary/aromatic N) is 1. The molecule has 1 unspecified atom stereocenters. The summed E-state index contributed by atoms with van der Waals surface area (Å²) in [5.74, 6) is 2.48. The molecule has 5 rings (SSSR count). The third kappa shape index (κ3) is 5.45. The molecule has 1 saturated heterocycles. The molecule has 6 nitrogen and oxygen atoms in total. The fourth-order valence-corrected chi connectivity index (χ4v) is 4.46. The number of rotatable bonds is 10. The highest BCUT2D eigenvalue weighted by Gasteiger charge is 2.28. The zero-order valence-electron chi connectivity index (χ0n) is 19.8. The molecule has 0 radical (unpaired) electrons. The zero-order chi connectivity index (χ0) is 23.3. The van der Waals surface area contributed by atoms with Crippen molar-refractivity contribution in [2.75, 3.05) is 31.3 Å². The number of ether oxygens (including phenoxy) is 4. The van der Waals surface area contributed by atoms with Gasteiger partial charge in [0.25, 0.3) is 5.91 Å². The van der Waals surface area contributed by atoms with E-state index in [2.05, 4.69) is 19.1 Å². The Morgan fingerprint density at radius 2 is 1.88 bits per heavy atom. The molecule has 0 N–H and O–H groups in total. The first-order valence-electron chi connectivity index (χ1n) is 12.5. The van der Waals surface area contributed by atoms with Gasteiger partial charge in [-0.3, -0.25) is 4.79 Å². The maximum absolute atomic E-state index is 13.0. The lowest BCUT2D eigenvalue weighted by Crippen LogP contribution is -2.27. The lowest BCUT2D eigenvalue weighted by atomic mass is 10.1. The van der Waals surface area contributed by atoms with Gasteiger partial charge in [-0.25, -0.2) is 0 Å². The van der Waals surface area contributed by atoms with E-state index < -0.39 is 0 Å². The van der Waals surface area contributed by atoms with E-state index in [0.29, 0.717) is 37.2 Å². The second kappa shape index (κ2) is 10.6. The van der Waals surface area contributed by atoms with Gasteiger partial charge >= 0.3 is 0 Å². The van der Waals surface area contributed by atoms with Crippen LogP contribution in [0.15, 0.2) is 54.3 Å². The highest BCUT2D eigenvalue weighted by atomic mass is 16.7. The van der Waals surface area contributed by atoms with Crippen molar-refractivity contribution in [1.82, 2.24) is 0 Å². The number of amides is 1. The summed E-state index contributed by atoms with van der Waals surface area (Å²) in [6.45, 7) is 4.31. The molecule has 2 aliphatic heterocycles. The van der Waals surface area contributed by atoms with Crippen LogP contribution in [0.1, 0.15) is 56.1 Å². The molecule has 2 aromatic rings. The molecule has 1 atom stereocenters. The average Bonchev–Trinajstić information content (AvgIpc) is 3.67. The second-order valence-electron chi connectivity index (χ2n) is 9.09. The van der Waals surface area contributed by atoms with Crippen molar-refractivity contribution in [2.45, 2.75) is 57.7 Å². The number of carbonyl (C=O) groups is 1. The van der Waals surface area contributed by atoms with Gasteiger partial charge in [0.2, 0.25) is 0 Å². The highest BCUT2D eigenvalue weighted by Crippen LogP contribution is 2.40. The molecule has 1 amide bonds. The molecule has 0 aromatic heterocycles. The van der Waals surface area contributed by atoms with Gasteiger partial charge in [0, 0.05) is 18.8 Å². The van der Waals surface area contributed by atoms with Crippen molar-refractivity contribution in [1.29, 1.82) is 0 Å². The minimum absolute atomic E-state index is 0.105. The molecule has 0 bridgehead atoms. The Morgan fingerprint density at radius 1 is 1.03 bits per heavy atom. The minimum Gasteiger partial charge on any atom is -0.491 e. The first-order valence-corrected chi connectivity index (χ1v) is 12.5. The Morgan fingerprint density at radius 3 is 2.62 bits per heavy atom. The van der Waals surface area contributed by atoms with Gasteiger partial charge in [-0.2, -0.15) is 0 Å². The van der Waals surface area contributed by atoms with Crippen LogP contribution in [-0.2, 0) is 20.7 Å². The lowest BCUT2D eigenvalue weighted by molar-refractivity contribution is -0.165. The van der Waals surface area contributed by atoms with Crippen molar-refractivity contribution in [3.05, 3.63) is 65.4 Å². The molecule has 34 heavy (non-hydrogen) atoms. The van der Waals surface area contributed by atoms with E-state index in [0.717, 1.165) is 49.3 Å². The number of aryl methyl sites for hydroxylation is 1. The highest BCUT2D eigenvalue weighted by molar-refractivity contribution is 6.07. The monoisotopic (exact) mass is 463 g/mol. The van der Waals surface area contributed by atoms with E-state index in [1.165, 1.54) is 18.4 Å². The standard InChI is InChI=1S/C28H33NO5/c1-2-20-19-23(10-13-25(20)31-17-18-33-27-5-3-4-16-32-27)29-15-14-26(28(29)30)34-24-11-8-22(9-12-24)21-6-7-21/h8-14,19,21,27H,2-7,15-18H2,1H3. The van der Waals surface area contributed by atoms with Crippen molar-refractivity contribution >= 4 is 11.6 Å². The van der Waals surface area contributed by atoms with Crippen molar-refractivity contribution in [3.8, 4) is 11.5 Å². The van der Waals surface area contributed by atoms with Crippen LogP contribution in [0, 0.1) is 0 Å². The summed E-state index contributed by atoms with van der Waals surface area (Å²) in [4.78, 5) is 14.8. The van der Waals surface area contributed by atoms with Crippen molar-refractivity contribution in [3.63, 3.8) is 0 Å². The van der Waals surface area contributed by atoms with Gasteiger partial charge in [0.1, 0.15) is 18.1 Å². The van der Waals surface area contributed by atoms with E-state index >= 15 is 0 Å². The van der Waals surface area contributed by atoms with Crippen LogP contribution in [0.25, 0.3) is 0 Å². The van der Waals surface area contributed by atoms with Crippen molar-refractivity contribution in [2.24, 2.45) is 0 Å². The summed E-state index contributed by atoms with van der Waals surface area (Å²) in [7, 11) is 0. The van der Waals surface area contributed by atoms with Gasteiger partial charge in [-0.05, 0) is 92.0 Å². The normalized spacial score (nSPS) is 20.4. The SMILES string of the molecule is CCc1cc(N2CC=C(Oc3ccc(C4CC4)cc3)C2=O)ccc1OCCOC1CCCCO1. The van der Waals surface area contributed by atoms with E-state index in [9.17, 15) is 4.79 Å². The Kier molecular flexibility index (Phi) is 7.16. The Hall–Kier alpha value is -2.83. The molecule has 2 fully saturated rings. The van der Waals surface area contributed by atoms with E-state index in [1.54, 1.807) is 4.90 Å².